The molecule has 180 valence electrons. The van der Waals surface area contributed by atoms with Crippen molar-refractivity contribution in [2.24, 2.45) is 0 Å². The van der Waals surface area contributed by atoms with Crippen LogP contribution in [0.25, 0.3) is 11.0 Å². The largest absolute Gasteiger partial charge is 0.352 e. The Hall–Kier alpha value is -4.00. The molecule has 1 N–H and O–H groups in total. The Morgan fingerprint density at radius 1 is 0.971 bits per heavy atom. The van der Waals surface area contributed by atoms with E-state index in [2.05, 4.69) is 5.32 Å². The van der Waals surface area contributed by atoms with Crippen molar-refractivity contribution in [3.63, 3.8) is 0 Å². The van der Waals surface area contributed by atoms with Crippen molar-refractivity contribution in [3.05, 3.63) is 96.1 Å². The van der Waals surface area contributed by atoms with Gasteiger partial charge < -0.3 is 14.8 Å². The molecule has 1 heterocycles. The SMILES string of the molecule is CC(C)N(C(=O)Cn1c(CCCNC(=O)c2ccc(F)cc2)nc2ccccc21)c1ccccc1. The number of fused-ring (bicyclic) bond motifs is 1. The maximum atomic E-state index is 13.4. The standard InChI is InChI=1S/C28H29FN4O2/c1-20(2)33(23-9-4-3-5-10-23)27(34)19-32-25-12-7-6-11-24(25)31-26(32)13-8-18-30-28(35)21-14-16-22(29)17-15-21/h3-7,9-12,14-17,20H,8,13,18-19H2,1-2H3,(H,30,35). The van der Waals surface area contributed by atoms with Gasteiger partial charge in [-0.3, -0.25) is 9.59 Å². The zero-order chi connectivity index (χ0) is 24.8. The third kappa shape index (κ3) is 5.74. The number of nitrogens with one attached hydrogen (secondary N) is 1. The number of halogens is 1. The van der Waals surface area contributed by atoms with Crippen LogP contribution in [-0.2, 0) is 17.8 Å². The van der Waals surface area contributed by atoms with Gasteiger partial charge in [-0.05, 0) is 68.8 Å². The minimum Gasteiger partial charge on any atom is -0.352 e. The summed E-state index contributed by atoms with van der Waals surface area (Å²) in [5, 5.41) is 2.86. The molecule has 2 amide bonds. The van der Waals surface area contributed by atoms with Gasteiger partial charge in [0.2, 0.25) is 5.91 Å². The zero-order valence-electron chi connectivity index (χ0n) is 19.9. The van der Waals surface area contributed by atoms with Gasteiger partial charge in [0.15, 0.2) is 0 Å². The Kier molecular flexibility index (Phi) is 7.55. The summed E-state index contributed by atoms with van der Waals surface area (Å²) in [6, 6.07) is 22.9. The summed E-state index contributed by atoms with van der Waals surface area (Å²) in [6.45, 7) is 4.61. The summed E-state index contributed by atoms with van der Waals surface area (Å²) in [6.07, 6.45) is 1.25. The molecule has 0 bridgehead atoms. The summed E-state index contributed by atoms with van der Waals surface area (Å²) in [5.74, 6) is 0.162. The average molecular weight is 473 g/mol. The van der Waals surface area contributed by atoms with Crippen LogP contribution in [0.1, 0.15) is 36.5 Å². The highest BCUT2D eigenvalue weighted by molar-refractivity contribution is 5.95. The van der Waals surface area contributed by atoms with Crippen molar-refractivity contribution in [1.29, 1.82) is 0 Å². The molecular weight excluding hydrogens is 443 g/mol. The summed E-state index contributed by atoms with van der Waals surface area (Å²) >= 11 is 0. The summed E-state index contributed by atoms with van der Waals surface area (Å²) in [7, 11) is 0. The Morgan fingerprint density at radius 2 is 1.66 bits per heavy atom. The molecule has 4 aromatic rings. The first-order valence-corrected chi connectivity index (χ1v) is 11.8. The van der Waals surface area contributed by atoms with E-state index in [0.717, 1.165) is 22.5 Å². The highest BCUT2D eigenvalue weighted by Crippen LogP contribution is 2.21. The predicted molar refractivity (Wildman–Crippen MR) is 136 cm³/mol. The lowest BCUT2D eigenvalue weighted by Crippen LogP contribution is -2.39. The van der Waals surface area contributed by atoms with Crippen molar-refractivity contribution < 1.29 is 14.0 Å². The molecule has 0 radical (unpaired) electrons. The number of carbonyl (C=O) groups excluding carboxylic acids is 2. The molecule has 3 aromatic carbocycles. The number of rotatable bonds is 9. The molecular formula is C28H29FN4O2. The van der Waals surface area contributed by atoms with Crippen LogP contribution < -0.4 is 10.2 Å². The monoisotopic (exact) mass is 472 g/mol. The minimum atomic E-state index is -0.377. The molecule has 0 spiro atoms. The molecule has 4 rings (SSSR count). The second-order valence-electron chi connectivity index (χ2n) is 8.66. The van der Waals surface area contributed by atoms with Gasteiger partial charge in [0.25, 0.3) is 5.91 Å². The third-order valence-electron chi connectivity index (χ3n) is 5.82. The lowest BCUT2D eigenvalue weighted by Gasteiger charge is -2.27. The first kappa shape index (κ1) is 24.1. The molecule has 0 saturated carbocycles. The van der Waals surface area contributed by atoms with Crippen LogP contribution in [0.2, 0.25) is 0 Å². The van der Waals surface area contributed by atoms with E-state index in [4.69, 9.17) is 4.98 Å². The smallest absolute Gasteiger partial charge is 0.251 e. The quantitative estimate of drug-likeness (QED) is 0.350. The lowest BCUT2D eigenvalue weighted by molar-refractivity contribution is -0.119. The molecule has 35 heavy (non-hydrogen) atoms. The van der Waals surface area contributed by atoms with Crippen molar-refractivity contribution in [3.8, 4) is 0 Å². The molecule has 0 aliphatic rings. The molecule has 0 fully saturated rings. The highest BCUT2D eigenvalue weighted by Gasteiger charge is 2.21. The van der Waals surface area contributed by atoms with E-state index >= 15 is 0 Å². The first-order chi connectivity index (χ1) is 16.9. The maximum absolute atomic E-state index is 13.4. The molecule has 6 nitrogen and oxygen atoms in total. The van der Waals surface area contributed by atoms with Gasteiger partial charge in [-0.1, -0.05) is 30.3 Å². The highest BCUT2D eigenvalue weighted by atomic mass is 19.1. The van der Waals surface area contributed by atoms with Crippen LogP contribution in [0.15, 0.2) is 78.9 Å². The summed E-state index contributed by atoms with van der Waals surface area (Å²) < 4.78 is 15.1. The molecule has 0 unspecified atom stereocenters. The molecule has 7 heteroatoms. The van der Waals surface area contributed by atoms with Crippen LogP contribution in [-0.4, -0.2) is 34.0 Å². The summed E-state index contributed by atoms with van der Waals surface area (Å²) in [4.78, 5) is 32.3. The van der Waals surface area contributed by atoms with Crippen molar-refractivity contribution >= 4 is 28.5 Å². The lowest BCUT2D eigenvalue weighted by atomic mass is 10.2. The number of amides is 2. The Bertz CT molecular complexity index is 1300. The fraction of sp³-hybridized carbons (Fsp3) is 0.250. The van der Waals surface area contributed by atoms with Crippen LogP contribution in [0.3, 0.4) is 0 Å². The maximum Gasteiger partial charge on any atom is 0.251 e. The number of para-hydroxylation sites is 3. The number of nitrogens with zero attached hydrogens (tertiary/aromatic N) is 3. The topological polar surface area (TPSA) is 67.2 Å². The predicted octanol–water partition coefficient (Wildman–Crippen LogP) is 4.98. The van der Waals surface area contributed by atoms with Gasteiger partial charge in [-0.2, -0.15) is 0 Å². The normalized spacial score (nSPS) is 11.1. The van der Waals surface area contributed by atoms with E-state index in [-0.39, 0.29) is 30.2 Å². The number of imidazole rings is 1. The molecule has 0 saturated heterocycles. The number of carbonyl (C=O) groups is 2. The Labute approximate surface area is 204 Å². The number of hydrogen-bond donors (Lipinski definition) is 1. The number of benzene rings is 3. The van der Waals surface area contributed by atoms with Crippen molar-refractivity contribution in [2.45, 2.75) is 39.3 Å². The van der Waals surface area contributed by atoms with E-state index in [1.165, 1.54) is 24.3 Å². The van der Waals surface area contributed by atoms with Crippen molar-refractivity contribution in [2.75, 3.05) is 11.4 Å². The van der Waals surface area contributed by atoms with Gasteiger partial charge in [0, 0.05) is 30.3 Å². The minimum absolute atomic E-state index is 0.00445. The fourth-order valence-corrected chi connectivity index (χ4v) is 4.17. The molecule has 0 aliphatic carbocycles. The number of anilines is 1. The van der Waals surface area contributed by atoms with Gasteiger partial charge in [0.1, 0.15) is 18.2 Å². The van der Waals surface area contributed by atoms with E-state index < -0.39 is 0 Å². The van der Waals surface area contributed by atoms with Gasteiger partial charge >= 0.3 is 0 Å². The van der Waals surface area contributed by atoms with E-state index in [0.29, 0.717) is 24.9 Å². The van der Waals surface area contributed by atoms with Crippen LogP contribution in [0.5, 0.6) is 0 Å². The van der Waals surface area contributed by atoms with Gasteiger partial charge in [-0.15, -0.1) is 0 Å². The number of aryl methyl sites for hydroxylation is 1. The van der Waals surface area contributed by atoms with Gasteiger partial charge in [0.05, 0.1) is 11.0 Å². The Balaban J connectivity index is 1.47. The average Bonchev–Trinajstić information content (AvgIpc) is 3.20. The van der Waals surface area contributed by atoms with E-state index in [1.54, 1.807) is 0 Å². The fourth-order valence-electron chi connectivity index (χ4n) is 4.17. The van der Waals surface area contributed by atoms with Crippen LogP contribution in [0, 0.1) is 5.82 Å². The van der Waals surface area contributed by atoms with E-state index in [1.807, 2.05) is 77.9 Å². The summed E-state index contributed by atoms with van der Waals surface area (Å²) in [5.41, 5.74) is 3.02. The first-order valence-electron chi connectivity index (χ1n) is 11.8. The third-order valence-corrected chi connectivity index (χ3v) is 5.82. The molecule has 0 aliphatic heterocycles. The second kappa shape index (κ2) is 11.0. The van der Waals surface area contributed by atoms with Crippen LogP contribution in [0.4, 0.5) is 10.1 Å². The Morgan fingerprint density at radius 3 is 2.37 bits per heavy atom. The zero-order valence-corrected chi connectivity index (χ0v) is 19.9. The van der Waals surface area contributed by atoms with Crippen molar-refractivity contribution in [1.82, 2.24) is 14.9 Å². The van der Waals surface area contributed by atoms with E-state index in [9.17, 15) is 14.0 Å². The number of aromatic nitrogens is 2. The molecule has 1 aromatic heterocycles. The molecule has 0 atom stereocenters. The number of hydrogen-bond acceptors (Lipinski definition) is 3. The second-order valence-corrected chi connectivity index (χ2v) is 8.66. The van der Waals surface area contributed by atoms with Gasteiger partial charge in [-0.25, -0.2) is 9.37 Å². The van der Waals surface area contributed by atoms with Crippen LogP contribution >= 0.6 is 0 Å².